The number of esters is 1. The number of carbonyl (C=O) groups is 2. The monoisotopic (exact) mass is 547 g/mol. The van der Waals surface area contributed by atoms with Gasteiger partial charge in [0.1, 0.15) is 17.5 Å². The second-order valence-corrected chi connectivity index (χ2v) is 10.8. The first-order valence-corrected chi connectivity index (χ1v) is 14.0. The second kappa shape index (κ2) is 15.0. The van der Waals surface area contributed by atoms with E-state index in [1.54, 1.807) is 11.0 Å². The molecule has 8 nitrogen and oxygen atoms in total. The average molecular weight is 548 g/mol. The first-order valence-electron chi connectivity index (χ1n) is 14.0. The fourth-order valence-electron chi connectivity index (χ4n) is 4.41. The molecule has 1 heterocycles. The van der Waals surface area contributed by atoms with E-state index in [1.807, 2.05) is 76.2 Å². The molecule has 1 aliphatic rings. The van der Waals surface area contributed by atoms with Crippen LogP contribution in [0.1, 0.15) is 64.5 Å². The van der Waals surface area contributed by atoms with E-state index in [9.17, 15) is 9.59 Å². The number of likely N-dealkylation sites (tertiary alicyclic amines) is 1. The molecule has 8 heteroatoms. The van der Waals surface area contributed by atoms with Crippen molar-refractivity contribution in [2.45, 2.75) is 65.1 Å². The summed E-state index contributed by atoms with van der Waals surface area (Å²) in [6.45, 7) is 10.3. The van der Waals surface area contributed by atoms with Crippen LogP contribution in [0.15, 0.2) is 54.6 Å². The number of nitriles is 1. The van der Waals surface area contributed by atoms with Crippen LogP contribution < -0.4 is 9.64 Å². The maximum atomic E-state index is 12.3. The number of benzene rings is 2. The predicted octanol–water partition coefficient (Wildman–Crippen LogP) is 6.20. The maximum absolute atomic E-state index is 12.3. The highest BCUT2D eigenvalue weighted by molar-refractivity contribution is 5.69. The van der Waals surface area contributed by atoms with Crippen LogP contribution in [0.2, 0.25) is 0 Å². The predicted molar refractivity (Wildman–Crippen MR) is 156 cm³/mol. The highest BCUT2D eigenvalue weighted by Crippen LogP contribution is 2.24. The second-order valence-electron chi connectivity index (χ2n) is 10.8. The molecule has 0 saturated carbocycles. The number of hydrogen-bond acceptors (Lipinski definition) is 7. The Balaban J connectivity index is 1.58. The lowest BCUT2D eigenvalue weighted by atomic mass is 10.1. The summed E-state index contributed by atoms with van der Waals surface area (Å²) in [6.07, 6.45) is 6.36. The lowest BCUT2D eigenvalue weighted by molar-refractivity contribution is -0.143. The number of carbonyl (C=O) groups excluding carboxylic acids is 2. The molecule has 0 bridgehead atoms. The minimum atomic E-state index is -0.503. The Hall–Kier alpha value is -3.99. The minimum absolute atomic E-state index is 0.0392. The molecule has 1 amide bonds. The first-order chi connectivity index (χ1) is 19.2. The van der Waals surface area contributed by atoms with Crippen LogP contribution in [-0.2, 0) is 14.3 Å². The van der Waals surface area contributed by atoms with Crippen molar-refractivity contribution in [1.82, 2.24) is 4.90 Å². The molecular weight excluding hydrogens is 506 g/mol. The molecule has 3 rings (SSSR count). The van der Waals surface area contributed by atoms with Crippen LogP contribution in [-0.4, -0.2) is 61.5 Å². The number of rotatable bonds is 11. The number of hydrogen-bond donors (Lipinski definition) is 0. The van der Waals surface area contributed by atoms with Crippen molar-refractivity contribution in [3.05, 3.63) is 65.7 Å². The summed E-state index contributed by atoms with van der Waals surface area (Å²) in [5.41, 5.74) is 2.11. The zero-order valence-electron chi connectivity index (χ0n) is 24.1. The van der Waals surface area contributed by atoms with Gasteiger partial charge in [0, 0.05) is 51.1 Å². The van der Waals surface area contributed by atoms with Gasteiger partial charge in [0.2, 0.25) is 0 Å². The topological polar surface area (TPSA) is 92.1 Å². The van der Waals surface area contributed by atoms with Gasteiger partial charge in [-0.15, -0.1) is 0 Å². The third-order valence-corrected chi connectivity index (χ3v) is 6.36. The maximum Gasteiger partial charge on any atom is 0.410 e. The Bertz CT molecular complexity index is 1170. The molecule has 0 atom stereocenters. The number of ether oxygens (including phenoxy) is 3. The third-order valence-electron chi connectivity index (χ3n) is 6.36. The Morgan fingerprint density at radius 1 is 1.12 bits per heavy atom. The fraction of sp³-hybridized carbons (Fsp3) is 0.469. The number of nitrogens with zero attached hydrogens (tertiary/aromatic N) is 3. The summed E-state index contributed by atoms with van der Waals surface area (Å²) in [5.74, 6) is 0.600. The molecular formula is C32H41N3O5. The highest BCUT2D eigenvalue weighted by atomic mass is 16.6. The van der Waals surface area contributed by atoms with Crippen molar-refractivity contribution in [2.24, 2.45) is 0 Å². The number of piperidine rings is 1. The van der Waals surface area contributed by atoms with Crippen molar-refractivity contribution in [3.8, 4) is 11.8 Å². The lowest BCUT2D eigenvalue weighted by Gasteiger charge is -2.33. The van der Waals surface area contributed by atoms with Gasteiger partial charge in [-0.3, -0.25) is 4.79 Å². The van der Waals surface area contributed by atoms with E-state index in [0.29, 0.717) is 51.2 Å². The highest BCUT2D eigenvalue weighted by Gasteiger charge is 2.27. The molecule has 0 radical (unpaired) electrons. The van der Waals surface area contributed by atoms with Crippen LogP contribution >= 0.6 is 0 Å². The molecule has 214 valence electrons. The van der Waals surface area contributed by atoms with Gasteiger partial charge in [-0.2, -0.15) is 5.26 Å². The Morgan fingerprint density at radius 2 is 1.85 bits per heavy atom. The molecule has 2 aromatic carbocycles. The zero-order chi connectivity index (χ0) is 29.0. The van der Waals surface area contributed by atoms with Crippen molar-refractivity contribution < 1.29 is 23.8 Å². The summed E-state index contributed by atoms with van der Waals surface area (Å²) in [7, 11) is 0. The van der Waals surface area contributed by atoms with E-state index in [4.69, 9.17) is 19.5 Å². The molecule has 2 aromatic rings. The summed E-state index contributed by atoms with van der Waals surface area (Å²) in [6, 6.07) is 17.6. The van der Waals surface area contributed by atoms with Gasteiger partial charge in [0.25, 0.3) is 0 Å². The van der Waals surface area contributed by atoms with E-state index >= 15 is 0 Å². The van der Waals surface area contributed by atoms with Crippen molar-refractivity contribution in [1.29, 1.82) is 5.26 Å². The summed E-state index contributed by atoms with van der Waals surface area (Å²) >= 11 is 0. The molecule has 0 aliphatic carbocycles. The Labute approximate surface area is 238 Å². The average Bonchev–Trinajstić information content (AvgIpc) is 2.92. The fourth-order valence-corrected chi connectivity index (χ4v) is 4.41. The van der Waals surface area contributed by atoms with Gasteiger partial charge >= 0.3 is 12.1 Å². The molecule has 1 saturated heterocycles. The lowest BCUT2D eigenvalue weighted by Crippen LogP contribution is -2.44. The normalized spacial score (nSPS) is 14.0. The molecule has 0 N–H and O–H groups in total. The first kappa shape index (κ1) is 30.6. The quantitative estimate of drug-likeness (QED) is 0.309. The molecule has 40 heavy (non-hydrogen) atoms. The van der Waals surface area contributed by atoms with E-state index in [2.05, 4.69) is 17.0 Å². The number of anilines is 1. The van der Waals surface area contributed by atoms with E-state index < -0.39 is 5.60 Å². The Kier molecular flexibility index (Phi) is 11.4. The molecule has 1 fully saturated rings. The third kappa shape index (κ3) is 10.3. The van der Waals surface area contributed by atoms with Crippen molar-refractivity contribution in [3.63, 3.8) is 0 Å². The molecule has 1 aliphatic heterocycles. The van der Waals surface area contributed by atoms with Gasteiger partial charge in [0.15, 0.2) is 0 Å². The van der Waals surface area contributed by atoms with Crippen LogP contribution in [0.25, 0.3) is 6.08 Å². The van der Waals surface area contributed by atoms with Gasteiger partial charge in [-0.05, 0) is 76.1 Å². The van der Waals surface area contributed by atoms with Crippen LogP contribution in [0.4, 0.5) is 10.5 Å². The van der Waals surface area contributed by atoms with Gasteiger partial charge in [-0.1, -0.05) is 24.3 Å². The summed E-state index contributed by atoms with van der Waals surface area (Å²) < 4.78 is 16.8. The van der Waals surface area contributed by atoms with Gasteiger partial charge in [0.05, 0.1) is 18.2 Å². The van der Waals surface area contributed by atoms with Crippen LogP contribution in [0.3, 0.4) is 0 Å². The standard InChI is InChI=1S/C32H41N3O5/c1-5-38-30(36)12-8-20-34(19-7-11-25-9-6-10-26(23-25)24-33)27-13-15-28(16-14-27)39-29-17-21-35(22-18-29)31(37)40-32(2,3)4/h6-7,9-11,13-16,23,29H,5,8,12,17-22H2,1-4H3/b11-7+. The zero-order valence-corrected chi connectivity index (χ0v) is 24.1. The van der Waals surface area contributed by atoms with Gasteiger partial charge < -0.3 is 24.0 Å². The van der Waals surface area contributed by atoms with E-state index in [0.717, 1.165) is 29.8 Å². The van der Waals surface area contributed by atoms with Gasteiger partial charge in [-0.25, -0.2) is 4.79 Å². The Morgan fingerprint density at radius 3 is 2.50 bits per heavy atom. The van der Waals surface area contributed by atoms with Crippen LogP contribution in [0.5, 0.6) is 5.75 Å². The molecule has 0 spiro atoms. The van der Waals surface area contributed by atoms with Crippen LogP contribution in [0, 0.1) is 11.3 Å². The van der Waals surface area contributed by atoms with E-state index in [1.165, 1.54) is 0 Å². The van der Waals surface area contributed by atoms with E-state index in [-0.39, 0.29) is 18.2 Å². The largest absolute Gasteiger partial charge is 0.490 e. The minimum Gasteiger partial charge on any atom is -0.490 e. The SMILES string of the molecule is CCOC(=O)CCCN(C/C=C/c1cccc(C#N)c1)c1ccc(OC2CCN(C(=O)OC(C)(C)C)CC2)cc1. The summed E-state index contributed by atoms with van der Waals surface area (Å²) in [5, 5.41) is 9.15. The van der Waals surface area contributed by atoms with Crippen molar-refractivity contribution >= 4 is 23.8 Å². The number of amides is 1. The smallest absolute Gasteiger partial charge is 0.410 e. The summed E-state index contributed by atoms with van der Waals surface area (Å²) in [4.78, 5) is 28.1. The molecule has 0 unspecified atom stereocenters. The molecule has 0 aromatic heterocycles. The van der Waals surface area contributed by atoms with Crippen molar-refractivity contribution in [2.75, 3.05) is 37.7 Å².